The van der Waals surface area contributed by atoms with Crippen LogP contribution >= 0.6 is 0 Å². The van der Waals surface area contributed by atoms with Gasteiger partial charge in [0.05, 0.1) is 34.9 Å². The van der Waals surface area contributed by atoms with Crippen LogP contribution in [0.25, 0.3) is 55.5 Å². The van der Waals surface area contributed by atoms with Crippen LogP contribution in [0.5, 0.6) is 5.75 Å². The molecule has 0 unspecified atom stereocenters. The first kappa shape index (κ1) is 37.1. The number of benzene rings is 1. The highest BCUT2D eigenvalue weighted by atomic mass is 16.5. The number of ether oxygens (including phenoxy) is 1. The van der Waals surface area contributed by atoms with E-state index >= 15 is 0 Å². The number of allylic oxidation sites excluding steroid dienone is 5. The number of aryl methyl sites for hydroxylation is 4. The highest BCUT2D eigenvalue weighted by Crippen LogP contribution is 2.41. The summed E-state index contributed by atoms with van der Waals surface area (Å²) in [6.07, 6.45) is 13.1. The number of hydrogen-bond donors (Lipinski definition) is 2. The maximum atomic E-state index is 6.08. The third-order valence-electron chi connectivity index (χ3n) is 11.3. The topological polar surface area (TPSA) is 66.6 Å². The zero-order valence-electron chi connectivity index (χ0n) is 32.9. The molecule has 4 aromatic rings. The number of aromatic nitrogens is 4. The highest BCUT2D eigenvalue weighted by molar-refractivity contribution is 6.01. The van der Waals surface area contributed by atoms with Crippen molar-refractivity contribution in [3.05, 3.63) is 100 Å². The Hall–Kier alpha value is -4.64. The van der Waals surface area contributed by atoms with Crippen LogP contribution in [-0.4, -0.2) is 26.5 Å². The molecule has 2 aliphatic rings. The molecule has 0 spiro atoms. The summed E-state index contributed by atoms with van der Waals surface area (Å²) in [7, 11) is 0. The van der Waals surface area contributed by atoms with E-state index in [-0.39, 0.29) is 0 Å². The Morgan fingerprint density at radius 1 is 0.654 bits per heavy atom. The second kappa shape index (κ2) is 16.4. The number of unbranched alkanes of at least 4 members (excludes halogenated alkanes) is 5. The number of hydrogen-bond acceptors (Lipinski definition) is 3. The molecule has 6 rings (SSSR count). The average molecular weight is 695 g/mol. The van der Waals surface area contributed by atoms with E-state index in [1.54, 1.807) is 0 Å². The molecule has 2 aliphatic heterocycles. The zero-order chi connectivity index (χ0) is 36.9. The Morgan fingerprint density at radius 2 is 1.35 bits per heavy atom. The maximum Gasteiger partial charge on any atom is 0.119 e. The molecular weight excluding hydrogens is 637 g/mol. The van der Waals surface area contributed by atoms with Crippen LogP contribution in [0.2, 0.25) is 0 Å². The minimum atomic E-state index is 0.674. The van der Waals surface area contributed by atoms with Gasteiger partial charge in [0.15, 0.2) is 0 Å². The van der Waals surface area contributed by atoms with E-state index < -0.39 is 0 Å². The van der Waals surface area contributed by atoms with Gasteiger partial charge < -0.3 is 14.7 Å². The fourth-order valence-corrected chi connectivity index (χ4v) is 7.67. The summed E-state index contributed by atoms with van der Waals surface area (Å²) < 4.78 is 6.08. The molecule has 0 amide bonds. The van der Waals surface area contributed by atoms with Crippen LogP contribution in [-0.2, 0) is 6.42 Å². The summed E-state index contributed by atoms with van der Waals surface area (Å²) in [5, 5.41) is 0. The van der Waals surface area contributed by atoms with Crippen molar-refractivity contribution in [2.75, 3.05) is 6.61 Å². The molecule has 5 heteroatoms. The zero-order valence-corrected chi connectivity index (χ0v) is 32.9. The average Bonchev–Trinajstić information content (AvgIpc) is 3.79. The van der Waals surface area contributed by atoms with Crippen LogP contribution in [0, 0.1) is 20.8 Å². The maximum absolute atomic E-state index is 6.08. The minimum Gasteiger partial charge on any atom is -0.494 e. The van der Waals surface area contributed by atoms with Crippen LogP contribution in [0.4, 0.5) is 0 Å². The van der Waals surface area contributed by atoms with Crippen molar-refractivity contribution in [3.8, 4) is 16.9 Å². The lowest BCUT2D eigenvalue weighted by Gasteiger charge is -2.10. The summed E-state index contributed by atoms with van der Waals surface area (Å²) in [5.41, 5.74) is 21.1. The van der Waals surface area contributed by atoms with Gasteiger partial charge in [-0.2, -0.15) is 0 Å². The molecule has 0 saturated carbocycles. The molecule has 0 radical (unpaired) electrons. The largest absolute Gasteiger partial charge is 0.494 e. The first-order chi connectivity index (χ1) is 25.2. The van der Waals surface area contributed by atoms with Gasteiger partial charge in [0, 0.05) is 22.1 Å². The number of nitrogens with zero attached hydrogens (tertiary/aromatic N) is 2. The lowest BCUT2D eigenvalue weighted by atomic mass is 9.97. The van der Waals surface area contributed by atoms with Crippen LogP contribution in [0.1, 0.15) is 137 Å². The molecule has 0 fully saturated rings. The lowest BCUT2D eigenvalue weighted by molar-refractivity contribution is 0.312. The van der Waals surface area contributed by atoms with E-state index in [1.807, 2.05) is 6.08 Å². The third-order valence-corrected chi connectivity index (χ3v) is 11.3. The monoisotopic (exact) mass is 694 g/mol. The van der Waals surface area contributed by atoms with E-state index in [9.17, 15) is 0 Å². The van der Waals surface area contributed by atoms with Gasteiger partial charge in [-0.25, -0.2) is 9.97 Å². The smallest absolute Gasteiger partial charge is 0.119 e. The Labute approximate surface area is 311 Å². The Kier molecular flexibility index (Phi) is 11.7. The molecular formula is C47H58N4O. The first-order valence-electron chi connectivity index (χ1n) is 19.6. The molecule has 272 valence electrons. The van der Waals surface area contributed by atoms with Crippen molar-refractivity contribution in [2.45, 2.75) is 120 Å². The lowest BCUT2D eigenvalue weighted by Crippen LogP contribution is -1.96. The summed E-state index contributed by atoms with van der Waals surface area (Å²) >= 11 is 0. The molecule has 1 aromatic carbocycles. The van der Waals surface area contributed by atoms with Gasteiger partial charge in [0.25, 0.3) is 0 Å². The number of nitrogens with one attached hydrogen (secondary N) is 2. The predicted molar refractivity (Wildman–Crippen MR) is 224 cm³/mol. The Balaban J connectivity index is 1.67. The van der Waals surface area contributed by atoms with Gasteiger partial charge in [-0.05, 0) is 161 Å². The van der Waals surface area contributed by atoms with Crippen molar-refractivity contribution in [2.24, 2.45) is 0 Å². The molecule has 5 nitrogen and oxygen atoms in total. The molecule has 3 aromatic heterocycles. The summed E-state index contributed by atoms with van der Waals surface area (Å²) in [6, 6.07) is 15.4. The van der Waals surface area contributed by atoms with Crippen LogP contribution in [0.3, 0.4) is 0 Å². The number of fused-ring (bicyclic) bond motifs is 8. The van der Waals surface area contributed by atoms with E-state index in [4.69, 9.17) is 14.7 Å². The van der Waals surface area contributed by atoms with Crippen molar-refractivity contribution in [3.63, 3.8) is 0 Å². The molecule has 2 N–H and O–H groups in total. The van der Waals surface area contributed by atoms with Gasteiger partial charge in [0.1, 0.15) is 5.75 Å². The fraction of sp³-hybridized carbons (Fsp3) is 0.404. The normalized spacial score (nSPS) is 13.0. The second-order valence-electron chi connectivity index (χ2n) is 14.8. The number of rotatable bonds is 14. The summed E-state index contributed by atoms with van der Waals surface area (Å²) in [4.78, 5) is 18.6. The molecule has 0 atom stereocenters. The molecule has 8 bridgehead atoms. The van der Waals surface area contributed by atoms with Gasteiger partial charge >= 0.3 is 0 Å². The summed E-state index contributed by atoms with van der Waals surface area (Å²) in [6.45, 7) is 22.5. The Bertz CT molecular complexity index is 2190. The summed E-state index contributed by atoms with van der Waals surface area (Å²) in [5.74, 6) is 0.875. The van der Waals surface area contributed by atoms with Gasteiger partial charge in [-0.3, -0.25) is 0 Å². The number of aromatic amines is 2. The SMILES string of the molecule is C=CCCCOc1ccc(-c2c3nc(cc4nc(cc5[nH]c(cc6[nH]c2c(C)c6C)c(C)c5CCCCC)C(CCCCC)=C4C)C(C)=C3C)cc1. The predicted octanol–water partition coefficient (Wildman–Crippen LogP) is 13.4. The van der Waals surface area contributed by atoms with Crippen molar-refractivity contribution < 1.29 is 4.74 Å². The standard InChI is InChI=1S/C47H58N4O/c1-10-13-16-19-37-33(8)41-26-39-29(4)31(6)46(50-39)45(35-21-23-36(24-22-35)52-25-18-15-12-3)47-32(7)30(5)40(51-47)27-42-34(9)38(20-17-14-11-2)44(49-42)28-43(37)48-41/h12,21-24,26-28,48,50H,3,10-11,13-20,25H2,1-2,4-9H3. The van der Waals surface area contributed by atoms with E-state index in [2.05, 4.69) is 114 Å². The second-order valence-corrected chi connectivity index (χ2v) is 14.8. The highest BCUT2D eigenvalue weighted by Gasteiger charge is 2.23. The fourth-order valence-electron chi connectivity index (χ4n) is 7.67. The van der Waals surface area contributed by atoms with Gasteiger partial charge in [0.2, 0.25) is 0 Å². The quantitative estimate of drug-likeness (QED) is 0.102. The van der Waals surface area contributed by atoms with Gasteiger partial charge in [-0.1, -0.05) is 57.7 Å². The van der Waals surface area contributed by atoms with Crippen LogP contribution < -0.4 is 4.74 Å². The van der Waals surface area contributed by atoms with Gasteiger partial charge in [-0.15, -0.1) is 6.58 Å². The molecule has 52 heavy (non-hydrogen) atoms. The van der Waals surface area contributed by atoms with Crippen molar-refractivity contribution >= 4 is 44.4 Å². The first-order valence-corrected chi connectivity index (χ1v) is 19.6. The molecule has 5 heterocycles. The molecule has 0 saturated heterocycles. The minimum absolute atomic E-state index is 0.674. The van der Waals surface area contributed by atoms with E-state index in [0.29, 0.717) is 6.61 Å². The van der Waals surface area contributed by atoms with E-state index in [0.717, 1.165) is 88.3 Å². The van der Waals surface area contributed by atoms with Crippen molar-refractivity contribution in [1.82, 2.24) is 19.9 Å². The third kappa shape index (κ3) is 7.46. The molecule has 0 aliphatic carbocycles. The van der Waals surface area contributed by atoms with Crippen LogP contribution in [0.15, 0.2) is 55.1 Å². The Morgan fingerprint density at radius 3 is 2.06 bits per heavy atom. The number of H-pyrrole nitrogens is 2. The van der Waals surface area contributed by atoms with Crippen molar-refractivity contribution in [1.29, 1.82) is 0 Å². The van der Waals surface area contributed by atoms with E-state index in [1.165, 1.54) is 82.2 Å².